The molecule has 1 rings (SSSR count). The summed E-state index contributed by atoms with van der Waals surface area (Å²) in [5.74, 6) is 0.456. The van der Waals surface area contributed by atoms with E-state index in [1.54, 1.807) is 0 Å². The summed E-state index contributed by atoms with van der Waals surface area (Å²) in [6, 6.07) is 6.44. The van der Waals surface area contributed by atoms with Gasteiger partial charge in [-0.1, -0.05) is 39.0 Å². The van der Waals surface area contributed by atoms with Gasteiger partial charge in [0.25, 0.3) is 0 Å². The zero-order valence-electron chi connectivity index (χ0n) is 10.5. The Morgan fingerprint density at radius 1 is 1.27 bits per heavy atom. The summed E-state index contributed by atoms with van der Waals surface area (Å²) in [5, 5.41) is 10.1. The molecule has 1 nitrogen and oxygen atoms in total. The predicted molar refractivity (Wildman–Crippen MR) is 65.2 cm³/mol. The van der Waals surface area contributed by atoms with E-state index in [9.17, 15) is 5.11 Å². The van der Waals surface area contributed by atoms with Gasteiger partial charge in [0.05, 0.1) is 5.60 Å². The maximum atomic E-state index is 10.1. The van der Waals surface area contributed by atoms with Crippen molar-refractivity contribution in [1.82, 2.24) is 0 Å². The van der Waals surface area contributed by atoms with Gasteiger partial charge in [-0.3, -0.25) is 0 Å². The fraction of sp³-hybridized carbons (Fsp3) is 0.571. The molecule has 0 amide bonds. The van der Waals surface area contributed by atoms with Crippen molar-refractivity contribution in [1.29, 1.82) is 0 Å². The summed E-state index contributed by atoms with van der Waals surface area (Å²) in [4.78, 5) is 0. The second-order valence-electron chi connectivity index (χ2n) is 4.99. The van der Waals surface area contributed by atoms with E-state index in [0.29, 0.717) is 5.92 Å². The van der Waals surface area contributed by atoms with Crippen LogP contribution in [0.3, 0.4) is 0 Å². The van der Waals surface area contributed by atoms with E-state index >= 15 is 0 Å². The monoisotopic (exact) mass is 206 g/mol. The molecule has 0 atom stereocenters. The molecule has 0 bridgehead atoms. The van der Waals surface area contributed by atoms with Crippen molar-refractivity contribution in [3.63, 3.8) is 0 Å². The van der Waals surface area contributed by atoms with E-state index in [4.69, 9.17) is 0 Å². The molecular formula is C14H22O. The summed E-state index contributed by atoms with van der Waals surface area (Å²) in [7, 11) is 0. The van der Waals surface area contributed by atoms with Crippen LogP contribution in [0.2, 0.25) is 0 Å². The van der Waals surface area contributed by atoms with Crippen LogP contribution in [0.25, 0.3) is 0 Å². The molecule has 1 aromatic rings. The molecule has 0 saturated heterocycles. The van der Waals surface area contributed by atoms with Crippen molar-refractivity contribution >= 4 is 0 Å². The highest BCUT2D eigenvalue weighted by Gasteiger charge is 2.21. The number of rotatable bonds is 3. The molecule has 15 heavy (non-hydrogen) atoms. The van der Waals surface area contributed by atoms with Gasteiger partial charge in [-0.25, -0.2) is 0 Å². The third-order valence-corrected chi connectivity index (χ3v) is 2.81. The Hall–Kier alpha value is -0.820. The molecule has 1 heteroatoms. The van der Waals surface area contributed by atoms with Crippen LogP contribution in [-0.2, 0) is 12.0 Å². The SMILES string of the molecule is CCc1ccc(C(C)C)c(C(C)(C)O)c1. The molecule has 0 aliphatic heterocycles. The maximum Gasteiger partial charge on any atom is 0.0843 e. The van der Waals surface area contributed by atoms with Gasteiger partial charge in [-0.2, -0.15) is 0 Å². The first-order valence-corrected chi connectivity index (χ1v) is 5.72. The van der Waals surface area contributed by atoms with Gasteiger partial charge in [0, 0.05) is 0 Å². The van der Waals surface area contributed by atoms with Crippen molar-refractivity contribution in [3.8, 4) is 0 Å². The lowest BCUT2D eigenvalue weighted by Crippen LogP contribution is -2.19. The minimum absolute atomic E-state index is 0.456. The van der Waals surface area contributed by atoms with Crippen LogP contribution < -0.4 is 0 Å². The summed E-state index contributed by atoms with van der Waals surface area (Å²) < 4.78 is 0. The van der Waals surface area contributed by atoms with Crippen LogP contribution in [0.4, 0.5) is 0 Å². The number of hydrogen-bond acceptors (Lipinski definition) is 1. The van der Waals surface area contributed by atoms with E-state index in [2.05, 4.69) is 39.0 Å². The molecule has 84 valence electrons. The van der Waals surface area contributed by atoms with Crippen LogP contribution in [0.1, 0.15) is 57.2 Å². The van der Waals surface area contributed by atoms with E-state index in [-0.39, 0.29) is 0 Å². The Bertz CT molecular complexity index is 332. The topological polar surface area (TPSA) is 20.2 Å². The Labute approximate surface area is 93.1 Å². The lowest BCUT2D eigenvalue weighted by atomic mass is 9.86. The summed E-state index contributed by atoms with van der Waals surface area (Å²) >= 11 is 0. The van der Waals surface area contributed by atoms with E-state index < -0.39 is 5.60 Å². The Morgan fingerprint density at radius 2 is 1.87 bits per heavy atom. The first-order valence-electron chi connectivity index (χ1n) is 5.72. The number of aliphatic hydroxyl groups is 1. The van der Waals surface area contributed by atoms with Gasteiger partial charge in [-0.05, 0) is 42.9 Å². The Kier molecular flexibility index (Phi) is 3.56. The van der Waals surface area contributed by atoms with Crippen LogP contribution in [0.15, 0.2) is 18.2 Å². The molecule has 0 aliphatic carbocycles. The molecule has 0 radical (unpaired) electrons. The molecule has 0 saturated carbocycles. The summed E-state index contributed by atoms with van der Waals surface area (Å²) in [5.41, 5.74) is 2.86. The summed E-state index contributed by atoms with van der Waals surface area (Å²) in [6.07, 6.45) is 1.02. The Morgan fingerprint density at radius 3 is 2.27 bits per heavy atom. The second-order valence-corrected chi connectivity index (χ2v) is 4.99. The van der Waals surface area contributed by atoms with Crippen molar-refractivity contribution in [2.75, 3.05) is 0 Å². The van der Waals surface area contributed by atoms with Crippen LogP contribution >= 0.6 is 0 Å². The largest absolute Gasteiger partial charge is 0.386 e. The van der Waals surface area contributed by atoms with E-state index in [1.165, 1.54) is 11.1 Å². The molecule has 0 heterocycles. The standard InChI is InChI=1S/C14H22O/c1-6-11-7-8-12(10(2)3)13(9-11)14(4,5)15/h7-10,15H,6H2,1-5H3. The molecule has 0 spiro atoms. The Balaban J connectivity index is 3.29. The number of hydrogen-bond donors (Lipinski definition) is 1. The van der Waals surface area contributed by atoms with Crippen LogP contribution in [0.5, 0.6) is 0 Å². The zero-order chi connectivity index (χ0) is 11.6. The van der Waals surface area contributed by atoms with Gasteiger partial charge in [0.1, 0.15) is 0 Å². The van der Waals surface area contributed by atoms with Crippen molar-refractivity contribution < 1.29 is 5.11 Å². The second kappa shape index (κ2) is 4.36. The summed E-state index contributed by atoms with van der Waals surface area (Å²) in [6.45, 7) is 10.2. The van der Waals surface area contributed by atoms with Gasteiger partial charge >= 0.3 is 0 Å². The lowest BCUT2D eigenvalue weighted by Gasteiger charge is -2.24. The van der Waals surface area contributed by atoms with Crippen LogP contribution in [-0.4, -0.2) is 5.11 Å². The number of aryl methyl sites for hydroxylation is 1. The molecule has 1 aromatic carbocycles. The maximum absolute atomic E-state index is 10.1. The minimum atomic E-state index is -0.745. The third-order valence-electron chi connectivity index (χ3n) is 2.81. The predicted octanol–water partition coefficient (Wildman–Crippen LogP) is 3.60. The number of benzene rings is 1. The van der Waals surface area contributed by atoms with Crippen molar-refractivity contribution in [3.05, 3.63) is 34.9 Å². The molecule has 0 unspecified atom stereocenters. The zero-order valence-corrected chi connectivity index (χ0v) is 10.5. The first-order chi connectivity index (χ1) is 6.86. The van der Waals surface area contributed by atoms with Crippen LogP contribution in [0, 0.1) is 0 Å². The van der Waals surface area contributed by atoms with Gasteiger partial charge in [0.15, 0.2) is 0 Å². The molecule has 0 fully saturated rings. The van der Waals surface area contributed by atoms with Gasteiger partial charge in [-0.15, -0.1) is 0 Å². The van der Waals surface area contributed by atoms with E-state index in [1.807, 2.05) is 13.8 Å². The fourth-order valence-electron chi connectivity index (χ4n) is 1.86. The smallest absolute Gasteiger partial charge is 0.0843 e. The van der Waals surface area contributed by atoms with E-state index in [0.717, 1.165) is 12.0 Å². The lowest BCUT2D eigenvalue weighted by molar-refractivity contribution is 0.0772. The average molecular weight is 206 g/mol. The van der Waals surface area contributed by atoms with Gasteiger partial charge in [0.2, 0.25) is 0 Å². The quantitative estimate of drug-likeness (QED) is 0.801. The first kappa shape index (κ1) is 12.3. The molecule has 0 aliphatic rings. The minimum Gasteiger partial charge on any atom is -0.386 e. The third kappa shape index (κ3) is 2.82. The average Bonchev–Trinajstić information content (AvgIpc) is 2.15. The molecule has 1 N–H and O–H groups in total. The fourth-order valence-corrected chi connectivity index (χ4v) is 1.86. The molecular weight excluding hydrogens is 184 g/mol. The molecule has 0 aromatic heterocycles. The normalized spacial score (nSPS) is 12.2. The highest BCUT2D eigenvalue weighted by molar-refractivity contribution is 5.37. The highest BCUT2D eigenvalue weighted by atomic mass is 16.3. The highest BCUT2D eigenvalue weighted by Crippen LogP contribution is 2.29. The van der Waals surface area contributed by atoms with Gasteiger partial charge < -0.3 is 5.11 Å². The van der Waals surface area contributed by atoms with Crippen molar-refractivity contribution in [2.24, 2.45) is 0 Å². The van der Waals surface area contributed by atoms with Crippen molar-refractivity contribution in [2.45, 2.75) is 52.6 Å².